The van der Waals surface area contributed by atoms with Crippen molar-refractivity contribution >= 4 is 17.5 Å². The number of aromatic amines is 1. The molecule has 1 aromatic heterocycles. The number of carbonyl (C=O) groups excluding carboxylic acids is 1. The zero-order valence-corrected chi connectivity index (χ0v) is 15.0. The Labute approximate surface area is 158 Å². The smallest absolute Gasteiger partial charge is 0.379 e. The summed E-state index contributed by atoms with van der Waals surface area (Å²) in [5.74, 6) is -0.688. The van der Waals surface area contributed by atoms with Crippen molar-refractivity contribution in [1.29, 1.82) is 0 Å². The van der Waals surface area contributed by atoms with Crippen LogP contribution in [0.2, 0.25) is 5.02 Å². The molecule has 2 heterocycles. The molecule has 1 amide bonds. The molecule has 0 radical (unpaired) electrons. The van der Waals surface area contributed by atoms with E-state index in [-0.39, 0.29) is 18.3 Å². The number of nitrogens with zero attached hydrogens (tertiary/aromatic N) is 2. The number of aromatic nitrogens is 2. The normalized spacial score (nSPS) is 16.9. The number of benzene rings is 1. The van der Waals surface area contributed by atoms with Crippen LogP contribution in [0.3, 0.4) is 0 Å². The van der Waals surface area contributed by atoms with Crippen molar-refractivity contribution in [2.75, 3.05) is 32.8 Å². The first-order valence-electron chi connectivity index (χ1n) is 8.33. The Kier molecular flexibility index (Phi) is 6.03. The molecule has 1 aliphatic heterocycles. The van der Waals surface area contributed by atoms with Gasteiger partial charge in [0.15, 0.2) is 5.69 Å². The van der Waals surface area contributed by atoms with Gasteiger partial charge in [-0.3, -0.25) is 14.8 Å². The number of rotatable bonds is 5. The van der Waals surface area contributed by atoms with Crippen LogP contribution in [-0.4, -0.2) is 53.9 Å². The highest BCUT2D eigenvalue weighted by Gasteiger charge is 2.34. The second-order valence-corrected chi connectivity index (χ2v) is 6.47. The van der Waals surface area contributed by atoms with E-state index in [9.17, 15) is 18.0 Å². The first kappa shape index (κ1) is 19.7. The Morgan fingerprint density at radius 2 is 2.04 bits per heavy atom. The quantitative estimate of drug-likeness (QED) is 0.806. The Hall–Kier alpha value is -2.10. The molecule has 27 heavy (non-hydrogen) atoms. The lowest BCUT2D eigenvalue weighted by Crippen LogP contribution is -2.44. The molecule has 2 aromatic rings. The molecule has 1 saturated heterocycles. The molecule has 146 valence electrons. The van der Waals surface area contributed by atoms with E-state index in [1.165, 1.54) is 0 Å². The number of ether oxygens (including phenoxy) is 1. The maximum atomic E-state index is 12.7. The van der Waals surface area contributed by atoms with Crippen LogP contribution >= 0.6 is 11.6 Å². The van der Waals surface area contributed by atoms with Gasteiger partial charge >= 0.3 is 6.18 Å². The van der Waals surface area contributed by atoms with E-state index in [0.29, 0.717) is 37.4 Å². The van der Waals surface area contributed by atoms with Gasteiger partial charge in [-0.15, -0.1) is 0 Å². The monoisotopic (exact) mass is 402 g/mol. The Balaban J connectivity index is 1.73. The number of alkyl halides is 3. The van der Waals surface area contributed by atoms with Gasteiger partial charge in [0.1, 0.15) is 5.69 Å². The number of morpholine rings is 1. The van der Waals surface area contributed by atoms with Gasteiger partial charge in [-0.1, -0.05) is 29.8 Å². The topological polar surface area (TPSA) is 70.2 Å². The van der Waals surface area contributed by atoms with Crippen molar-refractivity contribution in [3.8, 4) is 0 Å². The third kappa shape index (κ3) is 4.79. The van der Waals surface area contributed by atoms with Gasteiger partial charge in [0.2, 0.25) is 0 Å². The molecule has 2 N–H and O–H groups in total. The van der Waals surface area contributed by atoms with Crippen LogP contribution < -0.4 is 5.32 Å². The largest absolute Gasteiger partial charge is 0.432 e. The molecule has 10 heteroatoms. The molecule has 0 saturated carbocycles. The lowest BCUT2D eigenvalue weighted by molar-refractivity contribution is -0.141. The minimum Gasteiger partial charge on any atom is -0.379 e. The summed E-state index contributed by atoms with van der Waals surface area (Å²) in [6.45, 7) is 2.61. The molecule has 1 fully saturated rings. The molecular formula is C17H18ClF3N4O2. The third-order valence-corrected chi connectivity index (χ3v) is 4.67. The average Bonchev–Trinajstić information content (AvgIpc) is 3.15. The zero-order valence-electron chi connectivity index (χ0n) is 14.2. The van der Waals surface area contributed by atoms with Gasteiger partial charge < -0.3 is 10.1 Å². The average molecular weight is 403 g/mol. The molecule has 3 rings (SSSR count). The number of hydrogen-bond donors (Lipinski definition) is 2. The summed E-state index contributed by atoms with van der Waals surface area (Å²) in [6.07, 6.45) is -4.58. The van der Waals surface area contributed by atoms with Crippen molar-refractivity contribution in [2.45, 2.75) is 12.2 Å². The number of nitrogens with one attached hydrogen (secondary N) is 2. The highest BCUT2D eigenvalue weighted by molar-refractivity contribution is 6.31. The van der Waals surface area contributed by atoms with Crippen LogP contribution in [0, 0.1) is 0 Å². The van der Waals surface area contributed by atoms with Crippen LogP contribution in [0.25, 0.3) is 0 Å². The maximum Gasteiger partial charge on any atom is 0.432 e. The van der Waals surface area contributed by atoms with Crippen molar-refractivity contribution in [3.05, 3.63) is 52.3 Å². The van der Waals surface area contributed by atoms with E-state index in [1.807, 2.05) is 23.3 Å². The fraction of sp³-hybridized carbons (Fsp3) is 0.412. The summed E-state index contributed by atoms with van der Waals surface area (Å²) >= 11 is 6.31. The first-order valence-corrected chi connectivity index (χ1v) is 8.71. The summed E-state index contributed by atoms with van der Waals surface area (Å²) in [6, 6.07) is 7.74. The predicted octanol–water partition coefficient (Wildman–Crippen LogP) is 2.89. The Bertz CT molecular complexity index is 790. The molecule has 6 nitrogen and oxygen atoms in total. The third-order valence-electron chi connectivity index (χ3n) is 4.32. The van der Waals surface area contributed by atoms with Crippen molar-refractivity contribution < 1.29 is 22.7 Å². The van der Waals surface area contributed by atoms with Crippen LogP contribution in [-0.2, 0) is 10.9 Å². The summed E-state index contributed by atoms with van der Waals surface area (Å²) in [5.41, 5.74) is -0.551. The summed E-state index contributed by atoms with van der Waals surface area (Å²) < 4.78 is 43.3. The van der Waals surface area contributed by atoms with E-state index in [0.717, 1.165) is 5.56 Å². The highest BCUT2D eigenvalue weighted by atomic mass is 35.5. The molecular weight excluding hydrogens is 385 g/mol. The predicted molar refractivity (Wildman–Crippen MR) is 92.5 cm³/mol. The number of halogens is 4. The maximum absolute atomic E-state index is 12.7. The fourth-order valence-corrected chi connectivity index (χ4v) is 3.20. The first-order chi connectivity index (χ1) is 12.9. The second-order valence-electron chi connectivity index (χ2n) is 6.06. The lowest BCUT2D eigenvalue weighted by Gasteiger charge is -2.35. The van der Waals surface area contributed by atoms with Gasteiger partial charge in [-0.2, -0.15) is 18.3 Å². The summed E-state index contributed by atoms with van der Waals surface area (Å²) in [4.78, 5) is 14.4. The van der Waals surface area contributed by atoms with Crippen molar-refractivity contribution in [2.24, 2.45) is 0 Å². The minimum atomic E-state index is -4.58. The van der Waals surface area contributed by atoms with E-state index >= 15 is 0 Å². The zero-order chi connectivity index (χ0) is 19.4. The lowest BCUT2D eigenvalue weighted by atomic mass is 10.0. The number of amides is 1. The summed E-state index contributed by atoms with van der Waals surface area (Å²) in [5, 5.41) is 8.50. The molecule has 1 aliphatic rings. The van der Waals surface area contributed by atoms with E-state index in [1.54, 1.807) is 6.07 Å². The molecule has 0 spiro atoms. The fourth-order valence-electron chi connectivity index (χ4n) is 2.93. The molecule has 0 bridgehead atoms. The van der Waals surface area contributed by atoms with E-state index < -0.39 is 17.8 Å². The van der Waals surface area contributed by atoms with Gasteiger partial charge in [0, 0.05) is 30.7 Å². The van der Waals surface area contributed by atoms with Crippen molar-refractivity contribution in [3.63, 3.8) is 0 Å². The van der Waals surface area contributed by atoms with Gasteiger partial charge in [0.05, 0.1) is 19.3 Å². The van der Waals surface area contributed by atoms with Crippen LogP contribution in [0.4, 0.5) is 13.2 Å². The SMILES string of the molecule is O=C(NCC(c1ccccc1Cl)N1CCOCC1)c1cc(C(F)(F)F)[nH]n1. The van der Waals surface area contributed by atoms with E-state index in [4.69, 9.17) is 16.3 Å². The molecule has 1 atom stereocenters. The Morgan fingerprint density at radius 1 is 1.33 bits per heavy atom. The van der Waals surface area contributed by atoms with Gasteiger partial charge in [-0.25, -0.2) is 0 Å². The van der Waals surface area contributed by atoms with Crippen molar-refractivity contribution in [1.82, 2.24) is 20.4 Å². The van der Waals surface area contributed by atoms with Crippen LogP contribution in [0.5, 0.6) is 0 Å². The molecule has 1 aromatic carbocycles. The second kappa shape index (κ2) is 8.28. The van der Waals surface area contributed by atoms with Crippen LogP contribution in [0.1, 0.15) is 27.8 Å². The van der Waals surface area contributed by atoms with E-state index in [2.05, 4.69) is 15.3 Å². The Morgan fingerprint density at radius 3 is 2.67 bits per heavy atom. The standard InChI is InChI=1S/C17H18ClF3N4O2/c18-12-4-2-1-3-11(12)14(25-5-7-27-8-6-25)10-22-16(26)13-9-15(24-23-13)17(19,20)21/h1-4,9,14H,5-8,10H2,(H,22,26)(H,23,24). The number of carbonyl (C=O) groups is 1. The minimum absolute atomic E-state index is 0.177. The van der Waals surface area contributed by atoms with Crippen LogP contribution in [0.15, 0.2) is 30.3 Å². The molecule has 0 aliphatic carbocycles. The number of hydrogen-bond acceptors (Lipinski definition) is 4. The molecule has 1 unspecified atom stereocenters. The van der Waals surface area contributed by atoms with Gasteiger partial charge in [0.25, 0.3) is 5.91 Å². The van der Waals surface area contributed by atoms with Gasteiger partial charge in [-0.05, 0) is 11.6 Å². The highest BCUT2D eigenvalue weighted by Crippen LogP contribution is 2.29. The number of H-pyrrole nitrogens is 1. The summed E-state index contributed by atoms with van der Waals surface area (Å²) in [7, 11) is 0.